The van der Waals surface area contributed by atoms with Gasteiger partial charge in [-0.05, 0) is 36.4 Å². The van der Waals surface area contributed by atoms with E-state index >= 15 is 0 Å². The minimum absolute atomic E-state index is 0.141. The summed E-state index contributed by atoms with van der Waals surface area (Å²) in [6.07, 6.45) is -0.655. The summed E-state index contributed by atoms with van der Waals surface area (Å²) >= 11 is 0. The Balaban J connectivity index is 1.37. The lowest BCUT2D eigenvalue weighted by Crippen LogP contribution is -2.33. The molecule has 2 aromatic carbocycles. The monoisotopic (exact) mass is 384 g/mol. The van der Waals surface area contributed by atoms with Gasteiger partial charge in [0.2, 0.25) is 5.56 Å². The second kappa shape index (κ2) is 9.77. The van der Waals surface area contributed by atoms with Crippen LogP contribution in [-0.2, 0) is 0 Å². The summed E-state index contributed by atoms with van der Waals surface area (Å²) in [4.78, 5) is 14.1. The van der Waals surface area contributed by atoms with Crippen molar-refractivity contribution in [3.8, 4) is 17.2 Å². The van der Waals surface area contributed by atoms with Gasteiger partial charge in [-0.1, -0.05) is 12.1 Å². The number of fused-ring (bicyclic) bond motifs is 1. The van der Waals surface area contributed by atoms with Gasteiger partial charge in [0.25, 0.3) is 0 Å². The average Bonchev–Trinajstić information content (AvgIpc) is 2.72. The zero-order valence-electron chi connectivity index (χ0n) is 15.7. The number of benzene rings is 2. The number of aliphatic hydroxyl groups is 1. The van der Waals surface area contributed by atoms with E-state index in [1.165, 1.54) is 6.07 Å². The quantitative estimate of drug-likeness (QED) is 0.463. The van der Waals surface area contributed by atoms with Crippen LogP contribution >= 0.6 is 0 Å². The van der Waals surface area contributed by atoms with Gasteiger partial charge in [-0.3, -0.25) is 4.79 Å². The minimum atomic E-state index is -0.655. The Bertz CT molecular complexity index is 957. The van der Waals surface area contributed by atoms with Crippen LogP contribution in [0.5, 0.6) is 17.2 Å². The standard InChI is InChI=1S/C21H24N2O5/c1-26-19-4-2-3-5-20(19)27-11-10-22-13-16(24)14-28-17-7-8-18-15(12-17)6-9-21(25)23-18/h2-9,12,16,22,24H,10-11,13-14H2,1H3,(H,23,25)/t16-/m1/s1. The number of pyridine rings is 1. The van der Waals surface area contributed by atoms with Crippen LogP contribution in [0.2, 0.25) is 0 Å². The van der Waals surface area contributed by atoms with Crippen molar-refractivity contribution in [2.24, 2.45) is 0 Å². The second-order valence-electron chi connectivity index (χ2n) is 6.24. The Labute approximate surface area is 162 Å². The van der Waals surface area contributed by atoms with Crippen LogP contribution in [0.3, 0.4) is 0 Å². The van der Waals surface area contributed by atoms with E-state index in [0.717, 1.165) is 10.9 Å². The molecule has 3 aromatic rings. The van der Waals surface area contributed by atoms with Crippen molar-refractivity contribution in [1.29, 1.82) is 0 Å². The molecule has 0 unspecified atom stereocenters. The van der Waals surface area contributed by atoms with Crippen LogP contribution in [0.25, 0.3) is 10.9 Å². The normalized spacial score (nSPS) is 11.9. The third kappa shape index (κ3) is 5.48. The van der Waals surface area contributed by atoms with Crippen molar-refractivity contribution in [3.63, 3.8) is 0 Å². The highest BCUT2D eigenvalue weighted by atomic mass is 16.5. The number of rotatable bonds is 10. The van der Waals surface area contributed by atoms with Gasteiger partial charge in [-0.2, -0.15) is 0 Å². The Morgan fingerprint density at radius 3 is 2.71 bits per heavy atom. The lowest BCUT2D eigenvalue weighted by atomic mass is 10.2. The Morgan fingerprint density at radius 1 is 1.07 bits per heavy atom. The summed E-state index contributed by atoms with van der Waals surface area (Å²) in [6.45, 7) is 1.58. The number of hydrogen-bond acceptors (Lipinski definition) is 6. The van der Waals surface area contributed by atoms with E-state index in [1.54, 1.807) is 25.3 Å². The van der Waals surface area contributed by atoms with E-state index in [2.05, 4.69) is 10.3 Å². The molecule has 3 N–H and O–H groups in total. The topological polar surface area (TPSA) is 92.8 Å². The maximum Gasteiger partial charge on any atom is 0.248 e. The number of H-pyrrole nitrogens is 1. The SMILES string of the molecule is COc1ccccc1OCCNC[C@@H](O)COc1ccc2[nH]c(=O)ccc2c1. The van der Waals surface area contributed by atoms with E-state index in [-0.39, 0.29) is 12.2 Å². The van der Waals surface area contributed by atoms with Gasteiger partial charge in [0.15, 0.2) is 11.5 Å². The number of methoxy groups -OCH3 is 1. The van der Waals surface area contributed by atoms with Gasteiger partial charge in [0.05, 0.1) is 7.11 Å². The first-order valence-corrected chi connectivity index (χ1v) is 9.06. The third-order valence-electron chi connectivity index (χ3n) is 4.12. The van der Waals surface area contributed by atoms with E-state index in [0.29, 0.717) is 36.9 Å². The number of hydrogen-bond donors (Lipinski definition) is 3. The first-order chi connectivity index (χ1) is 13.7. The predicted molar refractivity (Wildman–Crippen MR) is 107 cm³/mol. The average molecular weight is 384 g/mol. The largest absolute Gasteiger partial charge is 0.493 e. The lowest BCUT2D eigenvalue weighted by Gasteiger charge is -2.14. The molecule has 0 saturated heterocycles. The highest BCUT2D eigenvalue weighted by Crippen LogP contribution is 2.25. The number of aliphatic hydroxyl groups excluding tert-OH is 1. The molecule has 0 spiro atoms. The molecule has 28 heavy (non-hydrogen) atoms. The molecule has 1 heterocycles. The fourth-order valence-corrected chi connectivity index (χ4v) is 2.71. The molecule has 7 heteroatoms. The summed E-state index contributed by atoms with van der Waals surface area (Å²) in [7, 11) is 1.60. The van der Waals surface area contributed by atoms with Gasteiger partial charge < -0.3 is 29.6 Å². The van der Waals surface area contributed by atoms with Crippen LogP contribution in [-0.4, -0.2) is 49.6 Å². The molecule has 0 bridgehead atoms. The Hall–Kier alpha value is -3.03. The number of aromatic nitrogens is 1. The molecular formula is C21H24N2O5. The summed E-state index contributed by atoms with van der Waals surface area (Å²) in [6, 6.07) is 16.0. The van der Waals surface area contributed by atoms with E-state index < -0.39 is 6.10 Å². The molecule has 1 aromatic heterocycles. The molecule has 7 nitrogen and oxygen atoms in total. The second-order valence-corrected chi connectivity index (χ2v) is 6.24. The zero-order valence-corrected chi connectivity index (χ0v) is 15.7. The smallest absolute Gasteiger partial charge is 0.248 e. The molecule has 0 amide bonds. The fourth-order valence-electron chi connectivity index (χ4n) is 2.71. The summed E-state index contributed by atoms with van der Waals surface area (Å²) in [5.74, 6) is 2.02. The van der Waals surface area contributed by atoms with Crippen molar-refractivity contribution in [2.75, 3.05) is 33.4 Å². The zero-order chi connectivity index (χ0) is 19.8. The lowest BCUT2D eigenvalue weighted by molar-refractivity contribution is 0.105. The van der Waals surface area contributed by atoms with E-state index in [1.807, 2.05) is 30.3 Å². The maximum absolute atomic E-state index is 11.3. The van der Waals surface area contributed by atoms with E-state index in [9.17, 15) is 9.90 Å². The first-order valence-electron chi connectivity index (χ1n) is 9.06. The van der Waals surface area contributed by atoms with E-state index in [4.69, 9.17) is 14.2 Å². The van der Waals surface area contributed by atoms with Crippen LogP contribution in [0.15, 0.2) is 59.4 Å². The minimum Gasteiger partial charge on any atom is -0.493 e. The van der Waals surface area contributed by atoms with Crippen molar-refractivity contribution >= 4 is 10.9 Å². The highest BCUT2D eigenvalue weighted by molar-refractivity contribution is 5.79. The summed E-state index contributed by atoms with van der Waals surface area (Å²) < 4.78 is 16.5. The van der Waals surface area contributed by atoms with Crippen molar-refractivity contribution in [2.45, 2.75) is 6.10 Å². The molecule has 0 fully saturated rings. The Morgan fingerprint density at radius 2 is 1.89 bits per heavy atom. The van der Waals surface area contributed by atoms with Crippen molar-refractivity contribution < 1.29 is 19.3 Å². The van der Waals surface area contributed by atoms with Crippen LogP contribution in [0.1, 0.15) is 0 Å². The number of nitrogens with one attached hydrogen (secondary N) is 2. The fraction of sp³-hybridized carbons (Fsp3) is 0.286. The maximum atomic E-state index is 11.3. The number of para-hydroxylation sites is 2. The molecule has 148 valence electrons. The number of aromatic amines is 1. The van der Waals surface area contributed by atoms with Gasteiger partial charge in [-0.25, -0.2) is 0 Å². The van der Waals surface area contributed by atoms with Gasteiger partial charge in [-0.15, -0.1) is 0 Å². The van der Waals surface area contributed by atoms with Crippen molar-refractivity contribution in [3.05, 3.63) is 65.0 Å². The van der Waals surface area contributed by atoms with Crippen LogP contribution in [0.4, 0.5) is 0 Å². The predicted octanol–water partition coefficient (Wildman–Crippen LogP) is 1.94. The highest BCUT2D eigenvalue weighted by Gasteiger charge is 2.06. The van der Waals surface area contributed by atoms with Gasteiger partial charge in [0.1, 0.15) is 25.1 Å². The molecule has 0 aliphatic rings. The van der Waals surface area contributed by atoms with Crippen LogP contribution in [0, 0.1) is 0 Å². The molecule has 0 radical (unpaired) electrons. The number of ether oxygens (including phenoxy) is 3. The first kappa shape index (κ1) is 19.7. The summed E-state index contributed by atoms with van der Waals surface area (Å²) in [5, 5.41) is 14.1. The molecule has 1 atom stereocenters. The molecular weight excluding hydrogens is 360 g/mol. The Kier molecular flexibility index (Phi) is 6.89. The van der Waals surface area contributed by atoms with Gasteiger partial charge in [0, 0.05) is 30.1 Å². The molecule has 3 rings (SSSR count). The van der Waals surface area contributed by atoms with Gasteiger partial charge >= 0.3 is 0 Å². The summed E-state index contributed by atoms with van der Waals surface area (Å²) in [5.41, 5.74) is 0.606. The van der Waals surface area contributed by atoms with Crippen molar-refractivity contribution in [1.82, 2.24) is 10.3 Å². The van der Waals surface area contributed by atoms with Crippen LogP contribution < -0.4 is 25.1 Å². The molecule has 0 saturated carbocycles. The molecule has 0 aliphatic carbocycles. The molecule has 0 aliphatic heterocycles. The third-order valence-corrected chi connectivity index (χ3v) is 4.12.